The van der Waals surface area contributed by atoms with Crippen LogP contribution in [0.2, 0.25) is 0 Å². The Morgan fingerprint density at radius 2 is 1.91 bits per heavy atom. The number of Topliss-reactive ketones (excluding diaryl/α,β-unsaturated/α-hetero) is 1. The molecule has 11 heavy (non-hydrogen) atoms. The number of carbonyl (C=O) groups excluding carboxylic acids is 2. The Kier molecular flexibility index (Phi) is 4.86. The molecule has 0 aromatic carbocycles. The van der Waals surface area contributed by atoms with Gasteiger partial charge in [0, 0.05) is 12.8 Å². The molecule has 62 valence electrons. The fraction of sp³-hybridized carbons (Fsp3) is 0.500. The third-order valence-electron chi connectivity index (χ3n) is 1.26. The van der Waals surface area contributed by atoms with E-state index >= 15 is 0 Å². The van der Waals surface area contributed by atoms with Crippen LogP contribution in [0.1, 0.15) is 19.8 Å². The molecule has 0 N–H and O–H groups in total. The molecule has 3 heteroatoms. The average molecular weight is 172 g/mol. The second kappa shape index (κ2) is 5.13. The molecule has 0 aliphatic rings. The molecule has 0 fully saturated rings. The summed E-state index contributed by atoms with van der Waals surface area (Å²) >= 11 is 1.16. The summed E-state index contributed by atoms with van der Waals surface area (Å²) in [5.74, 6) is -0.0209. The highest BCUT2D eigenvalue weighted by molar-refractivity contribution is 8.13. The lowest BCUT2D eigenvalue weighted by molar-refractivity contribution is -0.118. The molecule has 0 radical (unpaired) electrons. The van der Waals surface area contributed by atoms with Crippen LogP contribution in [-0.2, 0) is 9.59 Å². The SMILES string of the molecule is C=C(C)C(=O)CCC(=O)SC. The molecule has 0 amide bonds. The molecular formula is C8H12O2S. The Balaban J connectivity index is 3.63. The third-order valence-corrected chi connectivity index (χ3v) is 1.92. The van der Waals surface area contributed by atoms with Crippen molar-refractivity contribution < 1.29 is 9.59 Å². The summed E-state index contributed by atoms with van der Waals surface area (Å²) in [6, 6.07) is 0. The molecule has 0 heterocycles. The van der Waals surface area contributed by atoms with Gasteiger partial charge in [0.2, 0.25) is 0 Å². The van der Waals surface area contributed by atoms with Gasteiger partial charge in [-0.3, -0.25) is 9.59 Å². The minimum atomic E-state index is -0.0209. The number of hydrogen-bond donors (Lipinski definition) is 0. The van der Waals surface area contributed by atoms with Gasteiger partial charge in [-0.1, -0.05) is 18.3 Å². The van der Waals surface area contributed by atoms with Gasteiger partial charge in [0.05, 0.1) is 0 Å². The first-order chi connectivity index (χ1) is 5.07. The predicted octanol–water partition coefficient (Wildman–Crippen LogP) is 1.80. The van der Waals surface area contributed by atoms with Crippen LogP contribution in [0.3, 0.4) is 0 Å². The maximum atomic E-state index is 10.9. The molecule has 0 rings (SSSR count). The van der Waals surface area contributed by atoms with Crippen molar-refractivity contribution in [1.29, 1.82) is 0 Å². The maximum Gasteiger partial charge on any atom is 0.189 e. The molecule has 0 aromatic heterocycles. The van der Waals surface area contributed by atoms with Crippen molar-refractivity contribution >= 4 is 22.7 Å². The summed E-state index contributed by atoms with van der Waals surface area (Å²) < 4.78 is 0. The monoisotopic (exact) mass is 172 g/mol. The zero-order chi connectivity index (χ0) is 8.85. The van der Waals surface area contributed by atoms with Crippen LogP contribution in [0.15, 0.2) is 12.2 Å². The largest absolute Gasteiger partial charge is 0.295 e. The first-order valence-electron chi connectivity index (χ1n) is 3.33. The number of allylic oxidation sites excluding steroid dienone is 1. The lowest BCUT2D eigenvalue weighted by Gasteiger charge is -1.96. The van der Waals surface area contributed by atoms with Gasteiger partial charge in [-0.05, 0) is 18.8 Å². The van der Waals surface area contributed by atoms with E-state index in [4.69, 9.17) is 0 Å². The van der Waals surface area contributed by atoms with Crippen LogP contribution in [0, 0.1) is 0 Å². The van der Waals surface area contributed by atoms with Gasteiger partial charge < -0.3 is 0 Å². The van der Waals surface area contributed by atoms with Crippen LogP contribution in [0.5, 0.6) is 0 Å². The number of carbonyl (C=O) groups is 2. The van der Waals surface area contributed by atoms with E-state index in [-0.39, 0.29) is 10.9 Å². The quantitative estimate of drug-likeness (QED) is 0.606. The average Bonchev–Trinajstić information content (AvgIpc) is 1.99. The topological polar surface area (TPSA) is 34.1 Å². The summed E-state index contributed by atoms with van der Waals surface area (Å²) in [5, 5.41) is 0.0552. The third kappa shape index (κ3) is 4.79. The number of thioether (sulfide) groups is 1. The Morgan fingerprint density at radius 3 is 2.27 bits per heavy atom. The van der Waals surface area contributed by atoms with Crippen molar-refractivity contribution in [2.45, 2.75) is 19.8 Å². The van der Waals surface area contributed by atoms with Crippen molar-refractivity contribution in [3.8, 4) is 0 Å². The van der Waals surface area contributed by atoms with Gasteiger partial charge in [0.15, 0.2) is 10.9 Å². The van der Waals surface area contributed by atoms with Gasteiger partial charge >= 0.3 is 0 Å². The summed E-state index contributed by atoms with van der Waals surface area (Å²) in [7, 11) is 0. The standard InChI is InChI=1S/C8H12O2S/c1-6(2)7(9)4-5-8(10)11-3/h1,4-5H2,2-3H3. The van der Waals surface area contributed by atoms with Crippen LogP contribution in [0.4, 0.5) is 0 Å². The molecular weight excluding hydrogens is 160 g/mol. The van der Waals surface area contributed by atoms with Crippen molar-refractivity contribution in [3.05, 3.63) is 12.2 Å². The Labute approximate surface area is 71.1 Å². The van der Waals surface area contributed by atoms with E-state index in [9.17, 15) is 9.59 Å². The van der Waals surface area contributed by atoms with E-state index in [0.29, 0.717) is 18.4 Å². The molecule has 0 aliphatic carbocycles. The predicted molar refractivity (Wildman–Crippen MR) is 47.6 cm³/mol. The second-order valence-corrected chi connectivity index (χ2v) is 3.14. The highest BCUT2D eigenvalue weighted by Gasteiger charge is 2.05. The van der Waals surface area contributed by atoms with Crippen LogP contribution >= 0.6 is 11.8 Å². The zero-order valence-electron chi connectivity index (χ0n) is 6.85. The van der Waals surface area contributed by atoms with E-state index in [1.165, 1.54) is 0 Å². The Hall–Kier alpha value is -0.570. The van der Waals surface area contributed by atoms with Crippen molar-refractivity contribution in [2.75, 3.05) is 6.26 Å². The van der Waals surface area contributed by atoms with Crippen LogP contribution in [0.25, 0.3) is 0 Å². The van der Waals surface area contributed by atoms with E-state index in [2.05, 4.69) is 6.58 Å². The van der Waals surface area contributed by atoms with E-state index in [1.807, 2.05) is 0 Å². The van der Waals surface area contributed by atoms with Crippen LogP contribution in [-0.4, -0.2) is 17.2 Å². The Bertz CT molecular complexity index is 185. The minimum Gasteiger partial charge on any atom is -0.295 e. The van der Waals surface area contributed by atoms with Crippen molar-refractivity contribution in [1.82, 2.24) is 0 Å². The fourth-order valence-corrected chi connectivity index (χ4v) is 0.837. The highest BCUT2D eigenvalue weighted by Crippen LogP contribution is 2.05. The van der Waals surface area contributed by atoms with Crippen molar-refractivity contribution in [2.24, 2.45) is 0 Å². The summed E-state index contributed by atoms with van der Waals surface area (Å²) in [5.41, 5.74) is 0.527. The van der Waals surface area contributed by atoms with E-state index < -0.39 is 0 Å². The summed E-state index contributed by atoms with van der Waals surface area (Å²) in [4.78, 5) is 21.6. The summed E-state index contributed by atoms with van der Waals surface area (Å²) in [6.45, 7) is 5.15. The lowest BCUT2D eigenvalue weighted by Crippen LogP contribution is -2.01. The Morgan fingerprint density at radius 1 is 1.36 bits per heavy atom. The first-order valence-corrected chi connectivity index (χ1v) is 4.56. The van der Waals surface area contributed by atoms with Gasteiger partial charge in [0.1, 0.15) is 0 Å². The van der Waals surface area contributed by atoms with Crippen LogP contribution < -0.4 is 0 Å². The molecule has 0 atom stereocenters. The van der Waals surface area contributed by atoms with Gasteiger partial charge in [-0.2, -0.15) is 0 Å². The van der Waals surface area contributed by atoms with Crippen molar-refractivity contribution in [3.63, 3.8) is 0 Å². The van der Waals surface area contributed by atoms with Gasteiger partial charge in [-0.25, -0.2) is 0 Å². The molecule has 0 bridgehead atoms. The number of hydrogen-bond acceptors (Lipinski definition) is 3. The fourth-order valence-electron chi connectivity index (χ4n) is 0.531. The minimum absolute atomic E-state index is 0.0209. The molecule has 0 spiro atoms. The zero-order valence-corrected chi connectivity index (χ0v) is 7.66. The second-order valence-electron chi connectivity index (χ2n) is 2.28. The molecule has 0 aromatic rings. The lowest BCUT2D eigenvalue weighted by atomic mass is 10.1. The van der Waals surface area contributed by atoms with E-state index in [1.54, 1.807) is 13.2 Å². The smallest absolute Gasteiger partial charge is 0.189 e. The summed E-state index contributed by atoms with van der Waals surface area (Å²) in [6.07, 6.45) is 2.34. The van der Waals surface area contributed by atoms with Gasteiger partial charge in [-0.15, -0.1) is 0 Å². The molecule has 0 saturated heterocycles. The normalized spacial score (nSPS) is 9.27. The van der Waals surface area contributed by atoms with E-state index in [0.717, 1.165) is 11.8 Å². The van der Waals surface area contributed by atoms with Gasteiger partial charge in [0.25, 0.3) is 0 Å². The molecule has 0 saturated carbocycles. The molecule has 0 unspecified atom stereocenters. The molecule has 2 nitrogen and oxygen atoms in total. The molecule has 0 aliphatic heterocycles. The number of rotatable bonds is 4. The highest BCUT2D eigenvalue weighted by atomic mass is 32.2. The first kappa shape index (κ1) is 10.4. The number of ketones is 1. The maximum absolute atomic E-state index is 10.9.